The van der Waals surface area contributed by atoms with Gasteiger partial charge in [0.25, 0.3) is 5.91 Å². The van der Waals surface area contributed by atoms with Crippen molar-refractivity contribution in [2.45, 2.75) is 0 Å². The molecule has 0 fully saturated rings. The Bertz CT molecular complexity index is 790. The molecule has 4 N–H and O–H groups in total. The van der Waals surface area contributed by atoms with E-state index >= 15 is 0 Å². The molecule has 0 radical (unpaired) electrons. The number of nitrogens with two attached hydrogens (primary N) is 1. The summed E-state index contributed by atoms with van der Waals surface area (Å²) in [7, 11) is 1.85. The van der Waals surface area contributed by atoms with Crippen LogP contribution in [0.3, 0.4) is 0 Å². The molecule has 1 amide bonds. The topological polar surface area (TPSA) is 127 Å². The predicted octanol–water partition coefficient (Wildman–Crippen LogP) is 0.435. The molecule has 3 aromatic rings. The molecule has 0 aliphatic rings. The van der Waals surface area contributed by atoms with Gasteiger partial charge in [0, 0.05) is 18.3 Å². The van der Waals surface area contributed by atoms with Crippen molar-refractivity contribution in [2.75, 3.05) is 11.1 Å². The number of hydrogen-bond acceptors (Lipinski definition) is 6. The number of carbonyl (C=O) groups excluding carboxylic acids is 1. The van der Waals surface area contributed by atoms with Crippen LogP contribution in [0.15, 0.2) is 30.6 Å². The molecular formula is C12H12N8O. The zero-order chi connectivity index (χ0) is 14.8. The number of rotatable bonds is 3. The number of nitrogen functional groups attached to an aromatic ring is 1. The first kappa shape index (κ1) is 12.8. The number of carbonyl (C=O) groups is 1. The van der Waals surface area contributed by atoms with Crippen molar-refractivity contribution in [1.29, 1.82) is 0 Å². The summed E-state index contributed by atoms with van der Waals surface area (Å²) < 4.78 is 1.79. The lowest BCUT2D eigenvalue weighted by molar-refractivity contribution is 0.101. The zero-order valence-corrected chi connectivity index (χ0v) is 11.1. The van der Waals surface area contributed by atoms with Crippen LogP contribution in [-0.2, 0) is 7.05 Å². The van der Waals surface area contributed by atoms with Gasteiger partial charge in [-0.05, 0) is 12.1 Å². The number of hydrogen-bond donors (Lipinski definition) is 3. The predicted molar refractivity (Wildman–Crippen MR) is 75.2 cm³/mol. The molecule has 2 heterocycles. The van der Waals surface area contributed by atoms with Gasteiger partial charge in [-0.25, -0.2) is 0 Å². The SMILES string of the molecule is Cn1cnnc1-c1cccc(NC(=O)c2nc(N)n[nH]2)c1. The standard InChI is InChI=1S/C12H12N8O/c1-20-6-14-18-10(20)7-3-2-4-8(5-7)15-11(21)9-16-12(13)19-17-9/h2-6H,1H3,(H,15,21)(H3,13,16,17,19). The summed E-state index contributed by atoms with van der Waals surface area (Å²) in [5.74, 6) is 0.355. The Kier molecular flexibility index (Phi) is 3.07. The lowest BCUT2D eigenvalue weighted by Crippen LogP contribution is -2.13. The normalized spacial score (nSPS) is 10.5. The van der Waals surface area contributed by atoms with Crippen molar-refractivity contribution >= 4 is 17.5 Å². The summed E-state index contributed by atoms with van der Waals surface area (Å²) in [4.78, 5) is 15.7. The molecule has 0 atom stereocenters. The van der Waals surface area contributed by atoms with Gasteiger partial charge in [0.05, 0.1) is 0 Å². The van der Waals surface area contributed by atoms with Crippen LogP contribution in [0.2, 0.25) is 0 Å². The average Bonchev–Trinajstić information content (AvgIpc) is 3.08. The van der Waals surface area contributed by atoms with Crippen molar-refractivity contribution in [2.24, 2.45) is 7.05 Å². The van der Waals surface area contributed by atoms with Gasteiger partial charge in [0.1, 0.15) is 6.33 Å². The Balaban J connectivity index is 1.84. The van der Waals surface area contributed by atoms with E-state index in [4.69, 9.17) is 5.73 Å². The second-order valence-electron chi connectivity index (χ2n) is 4.34. The lowest BCUT2D eigenvalue weighted by Gasteiger charge is -2.05. The van der Waals surface area contributed by atoms with E-state index in [2.05, 4.69) is 30.7 Å². The van der Waals surface area contributed by atoms with Crippen LogP contribution < -0.4 is 11.1 Å². The Hall–Kier alpha value is -3.23. The minimum absolute atomic E-state index is 0.0213. The monoisotopic (exact) mass is 284 g/mol. The van der Waals surface area contributed by atoms with Gasteiger partial charge in [-0.2, -0.15) is 4.98 Å². The number of nitrogens with zero attached hydrogens (tertiary/aromatic N) is 5. The van der Waals surface area contributed by atoms with Gasteiger partial charge < -0.3 is 15.6 Å². The molecule has 0 bridgehead atoms. The first-order valence-corrected chi connectivity index (χ1v) is 6.07. The number of anilines is 2. The van der Waals surface area contributed by atoms with Crippen molar-refractivity contribution < 1.29 is 4.79 Å². The third kappa shape index (κ3) is 2.56. The van der Waals surface area contributed by atoms with E-state index in [0.717, 1.165) is 5.56 Å². The fourth-order valence-electron chi connectivity index (χ4n) is 1.85. The smallest absolute Gasteiger partial charge is 0.293 e. The van der Waals surface area contributed by atoms with Crippen molar-refractivity contribution in [3.63, 3.8) is 0 Å². The highest BCUT2D eigenvalue weighted by Crippen LogP contribution is 2.20. The Morgan fingerprint density at radius 2 is 2.29 bits per heavy atom. The molecule has 106 valence electrons. The van der Waals surface area contributed by atoms with Crippen LogP contribution in [-0.4, -0.2) is 35.9 Å². The van der Waals surface area contributed by atoms with Crippen LogP contribution in [0.4, 0.5) is 11.6 Å². The van der Waals surface area contributed by atoms with E-state index in [0.29, 0.717) is 11.5 Å². The summed E-state index contributed by atoms with van der Waals surface area (Å²) in [6.45, 7) is 0. The number of nitrogens with one attached hydrogen (secondary N) is 2. The molecule has 21 heavy (non-hydrogen) atoms. The molecule has 0 aliphatic carbocycles. The van der Waals surface area contributed by atoms with Crippen molar-refractivity contribution in [3.05, 3.63) is 36.4 Å². The Morgan fingerprint density at radius 1 is 1.43 bits per heavy atom. The van der Waals surface area contributed by atoms with Crippen molar-refractivity contribution in [3.8, 4) is 11.4 Å². The maximum absolute atomic E-state index is 12.0. The van der Waals surface area contributed by atoms with Crippen LogP contribution in [0.25, 0.3) is 11.4 Å². The quantitative estimate of drug-likeness (QED) is 0.640. The highest BCUT2D eigenvalue weighted by Gasteiger charge is 2.12. The molecule has 9 heteroatoms. The van der Waals surface area contributed by atoms with E-state index in [-0.39, 0.29) is 11.8 Å². The number of amides is 1. The fourth-order valence-corrected chi connectivity index (χ4v) is 1.85. The Labute approximate surface area is 119 Å². The highest BCUT2D eigenvalue weighted by atomic mass is 16.2. The maximum Gasteiger partial charge on any atom is 0.293 e. The minimum atomic E-state index is -0.422. The summed E-state index contributed by atoms with van der Waals surface area (Å²) in [6, 6.07) is 7.25. The van der Waals surface area contributed by atoms with E-state index < -0.39 is 5.91 Å². The van der Waals surface area contributed by atoms with E-state index in [1.807, 2.05) is 19.2 Å². The van der Waals surface area contributed by atoms with Crippen LogP contribution in [0.1, 0.15) is 10.6 Å². The van der Waals surface area contributed by atoms with E-state index in [1.54, 1.807) is 23.0 Å². The summed E-state index contributed by atoms with van der Waals surface area (Å²) in [6.07, 6.45) is 1.61. The number of aromatic nitrogens is 6. The van der Waals surface area contributed by atoms with Gasteiger partial charge in [-0.1, -0.05) is 12.1 Å². The van der Waals surface area contributed by atoms with Crippen LogP contribution in [0, 0.1) is 0 Å². The molecular weight excluding hydrogens is 272 g/mol. The van der Waals surface area contributed by atoms with Gasteiger partial charge in [-0.15, -0.1) is 15.3 Å². The second kappa shape index (κ2) is 5.04. The average molecular weight is 284 g/mol. The number of aryl methyl sites for hydroxylation is 1. The van der Waals surface area contributed by atoms with Crippen molar-refractivity contribution in [1.82, 2.24) is 29.9 Å². The fraction of sp³-hybridized carbons (Fsp3) is 0.0833. The minimum Gasteiger partial charge on any atom is -0.366 e. The molecule has 0 unspecified atom stereocenters. The van der Waals surface area contributed by atoms with E-state index in [9.17, 15) is 4.79 Å². The van der Waals surface area contributed by atoms with Crippen LogP contribution >= 0.6 is 0 Å². The maximum atomic E-state index is 12.0. The number of H-pyrrole nitrogens is 1. The van der Waals surface area contributed by atoms with Gasteiger partial charge >= 0.3 is 0 Å². The van der Waals surface area contributed by atoms with Crippen LogP contribution in [0.5, 0.6) is 0 Å². The first-order chi connectivity index (χ1) is 10.1. The second-order valence-corrected chi connectivity index (χ2v) is 4.34. The molecule has 3 rings (SSSR count). The summed E-state index contributed by atoms with van der Waals surface area (Å²) in [5, 5.41) is 16.6. The Morgan fingerprint density at radius 3 is 2.95 bits per heavy atom. The number of benzene rings is 1. The summed E-state index contributed by atoms with van der Waals surface area (Å²) in [5.41, 5.74) is 6.81. The summed E-state index contributed by atoms with van der Waals surface area (Å²) >= 11 is 0. The molecule has 0 aliphatic heterocycles. The van der Waals surface area contributed by atoms with Gasteiger partial charge in [0.2, 0.25) is 11.8 Å². The first-order valence-electron chi connectivity index (χ1n) is 6.07. The molecule has 1 aromatic carbocycles. The lowest BCUT2D eigenvalue weighted by atomic mass is 10.2. The number of aromatic amines is 1. The molecule has 9 nitrogen and oxygen atoms in total. The molecule has 0 spiro atoms. The van der Waals surface area contributed by atoms with E-state index in [1.165, 1.54) is 0 Å². The third-order valence-corrected chi connectivity index (χ3v) is 2.81. The molecule has 2 aromatic heterocycles. The molecule has 0 saturated carbocycles. The molecule has 0 saturated heterocycles. The highest BCUT2D eigenvalue weighted by molar-refractivity contribution is 6.01. The zero-order valence-electron chi connectivity index (χ0n) is 11.1. The largest absolute Gasteiger partial charge is 0.366 e. The van der Waals surface area contributed by atoms with Gasteiger partial charge in [-0.3, -0.25) is 9.89 Å². The third-order valence-electron chi connectivity index (χ3n) is 2.81. The van der Waals surface area contributed by atoms with Gasteiger partial charge in [0.15, 0.2) is 5.82 Å².